The van der Waals surface area contributed by atoms with E-state index in [0.29, 0.717) is 19.6 Å². The number of ether oxygens (including phenoxy) is 3. The van der Waals surface area contributed by atoms with Gasteiger partial charge in [-0.2, -0.15) is 0 Å². The van der Waals surface area contributed by atoms with Gasteiger partial charge in [-0.25, -0.2) is 4.79 Å². The van der Waals surface area contributed by atoms with E-state index in [4.69, 9.17) is 19.9 Å². The summed E-state index contributed by atoms with van der Waals surface area (Å²) in [5.41, 5.74) is 6.60. The monoisotopic (exact) mass is 264 g/mol. The van der Waals surface area contributed by atoms with Gasteiger partial charge in [-0.15, -0.1) is 0 Å². The lowest BCUT2D eigenvalue weighted by atomic mass is 10.1. The van der Waals surface area contributed by atoms with Gasteiger partial charge in [0.1, 0.15) is 6.10 Å². The first kappa shape index (κ1) is 12.1. The Hall–Kier alpha value is -1.95. The molecule has 0 aromatic heterocycles. The molecule has 19 heavy (non-hydrogen) atoms. The summed E-state index contributed by atoms with van der Waals surface area (Å²) in [5, 5.41) is 0. The molecular formula is C13H16N2O4. The Labute approximate surface area is 111 Å². The van der Waals surface area contributed by atoms with Crippen molar-refractivity contribution in [3.8, 4) is 11.5 Å². The van der Waals surface area contributed by atoms with Crippen molar-refractivity contribution in [1.29, 1.82) is 0 Å². The molecule has 2 aliphatic heterocycles. The highest BCUT2D eigenvalue weighted by Crippen LogP contribution is 2.32. The van der Waals surface area contributed by atoms with Crippen LogP contribution in [0.5, 0.6) is 11.5 Å². The minimum Gasteiger partial charge on any atom is -0.454 e. The summed E-state index contributed by atoms with van der Waals surface area (Å²) in [6.45, 7) is 1.83. The molecule has 2 N–H and O–H groups in total. The van der Waals surface area contributed by atoms with Gasteiger partial charge in [0.05, 0.1) is 6.54 Å². The van der Waals surface area contributed by atoms with Crippen molar-refractivity contribution in [3.05, 3.63) is 23.8 Å². The lowest BCUT2D eigenvalue weighted by Crippen LogP contribution is -2.29. The van der Waals surface area contributed by atoms with Gasteiger partial charge in [-0.3, -0.25) is 0 Å². The number of cyclic esters (lactones) is 1. The summed E-state index contributed by atoms with van der Waals surface area (Å²) in [5.74, 6) is 1.54. The fourth-order valence-corrected chi connectivity index (χ4v) is 2.24. The van der Waals surface area contributed by atoms with Crippen LogP contribution in [0.3, 0.4) is 0 Å². The first-order valence-electron chi connectivity index (χ1n) is 6.30. The van der Waals surface area contributed by atoms with Crippen molar-refractivity contribution in [2.24, 2.45) is 5.73 Å². The normalized spacial score (nSPS) is 20.8. The molecule has 3 rings (SSSR count). The van der Waals surface area contributed by atoms with Gasteiger partial charge in [-0.05, 0) is 24.1 Å². The molecule has 6 heteroatoms. The largest absolute Gasteiger partial charge is 0.454 e. The molecule has 1 fully saturated rings. The van der Waals surface area contributed by atoms with E-state index < -0.39 is 0 Å². The third-order valence-corrected chi connectivity index (χ3v) is 3.32. The average molecular weight is 264 g/mol. The molecule has 0 saturated carbocycles. The predicted octanol–water partition coefficient (Wildman–Crippen LogP) is 0.737. The number of carbonyl (C=O) groups is 1. The molecule has 1 atom stereocenters. The van der Waals surface area contributed by atoms with E-state index in [-0.39, 0.29) is 19.0 Å². The van der Waals surface area contributed by atoms with E-state index >= 15 is 0 Å². The van der Waals surface area contributed by atoms with Crippen LogP contribution >= 0.6 is 0 Å². The van der Waals surface area contributed by atoms with Crippen LogP contribution in [0, 0.1) is 0 Å². The number of fused-ring (bicyclic) bond motifs is 1. The second-order valence-electron chi connectivity index (χ2n) is 4.63. The summed E-state index contributed by atoms with van der Waals surface area (Å²) >= 11 is 0. The van der Waals surface area contributed by atoms with E-state index in [1.807, 2.05) is 18.2 Å². The number of rotatable bonds is 4. The fraction of sp³-hybridized carbons (Fsp3) is 0.462. The standard InChI is InChI=1S/C13H16N2O4/c14-6-10-7-15(13(16)19-10)4-3-9-1-2-11-12(5-9)18-8-17-11/h1-2,5,10H,3-4,6-8,14H2. The first-order valence-corrected chi connectivity index (χ1v) is 6.30. The van der Waals surface area contributed by atoms with Crippen molar-refractivity contribution < 1.29 is 19.0 Å². The molecule has 0 radical (unpaired) electrons. The smallest absolute Gasteiger partial charge is 0.410 e. The van der Waals surface area contributed by atoms with Crippen LogP contribution in [-0.4, -0.2) is 43.5 Å². The van der Waals surface area contributed by atoms with Crippen LogP contribution in [0.15, 0.2) is 18.2 Å². The maximum Gasteiger partial charge on any atom is 0.410 e. The highest BCUT2D eigenvalue weighted by Gasteiger charge is 2.29. The average Bonchev–Trinajstić information content (AvgIpc) is 3.02. The van der Waals surface area contributed by atoms with Gasteiger partial charge < -0.3 is 24.8 Å². The number of carbonyl (C=O) groups excluding carboxylic acids is 1. The zero-order valence-electron chi connectivity index (χ0n) is 10.5. The van der Waals surface area contributed by atoms with Crippen molar-refractivity contribution >= 4 is 6.09 Å². The van der Waals surface area contributed by atoms with E-state index in [2.05, 4.69) is 0 Å². The van der Waals surface area contributed by atoms with Crippen molar-refractivity contribution in [2.45, 2.75) is 12.5 Å². The molecule has 102 valence electrons. The number of nitrogens with zero attached hydrogens (tertiary/aromatic N) is 1. The molecule has 1 unspecified atom stereocenters. The molecule has 2 heterocycles. The second-order valence-corrected chi connectivity index (χ2v) is 4.63. The minimum atomic E-state index is -0.281. The first-order chi connectivity index (χ1) is 9.26. The molecule has 0 aliphatic carbocycles. The van der Waals surface area contributed by atoms with Crippen LogP contribution in [0.1, 0.15) is 5.56 Å². The SMILES string of the molecule is NCC1CN(CCc2ccc3c(c2)OCO3)C(=O)O1. The van der Waals surface area contributed by atoms with Crippen molar-refractivity contribution in [3.63, 3.8) is 0 Å². The van der Waals surface area contributed by atoms with Crippen LogP contribution in [0.25, 0.3) is 0 Å². The Morgan fingerprint density at radius 1 is 1.32 bits per heavy atom. The Morgan fingerprint density at radius 3 is 2.95 bits per heavy atom. The summed E-state index contributed by atoms with van der Waals surface area (Å²) < 4.78 is 15.7. The fourth-order valence-electron chi connectivity index (χ4n) is 2.24. The Morgan fingerprint density at radius 2 is 2.16 bits per heavy atom. The molecule has 1 aromatic rings. The lowest BCUT2D eigenvalue weighted by molar-refractivity contribution is 0.135. The number of hydrogen-bond donors (Lipinski definition) is 1. The molecular weight excluding hydrogens is 248 g/mol. The maximum atomic E-state index is 11.6. The number of nitrogens with two attached hydrogens (primary N) is 1. The molecule has 1 amide bonds. The Balaban J connectivity index is 1.59. The quantitative estimate of drug-likeness (QED) is 0.868. The van der Waals surface area contributed by atoms with Crippen LogP contribution in [0.4, 0.5) is 4.79 Å². The van der Waals surface area contributed by atoms with E-state index in [0.717, 1.165) is 23.5 Å². The summed E-state index contributed by atoms with van der Waals surface area (Å²) in [4.78, 5) is 13.2. The molecule has 0 bridgehead atoms. The molecule has 1 aromatic carbocycles. The highest BCUT2D eigenvalue weighted by atomic mass is 16.7. The Kier molecular flexibility index (Phi) is 3.16. The summed E-state index contributed by atoms with van der Waals surface area (Å²) in [6.07, 6.45) is 0.295. The topological polar surface area (TPSA) is 74.0 Å². The number of hydrogen-bond acceptors (Lipinski definition) is 5. The van der Waals surface area contributed by atoms with E-state index in [1.54, 1.807) is 4.90 Å². The van der Waals surface area contributed by atoms with Crippen LogP contribution in [-0.2, 0) is 11.2 Å². The second kappa shape index (κ2) is 4.97. The van der Waals surface area contributed by atoms with Gasteiger partial charge in [0.15, 0.2) is 11.5 Å². The van der Waals surface area contributed by atoms with E-state index in [9.17, 15) is 4.79 Å². The molecule has 6 nitrogen and oxygen atoms in total. The minimum absolute atomic E-state index is 0.177. The summed E-state index contributed by atoms with van der Waals surface area (Å²) in [6, 6.07) is 5.82. The van der Waals surface area contributed by atoms with E-state index in [1.165, 1.54) is 0 Å². The highest BCUT2D eigenvalue weighted by molar-refractivity contribution is 5.69. The maximum absolute atomic E-state index is 11.6. The van der Waals surface area contributed by atoms with Crippen LogP contribution < -0.4 is 15.2 Å². The third kappa shape index (κ3) is 2.44. The third-order valence-electron chi connectivity index (χ3n) is 3.32. The van der Waals surface area contributed by atoms with Gasteiger partial charge in [0.2, 0.25) is 6.79 Å². The summed E-state index contributed by atoms with van der Waals surface area (Å²) in [7, 11) is 0. The molecule has 1 saturated heterocycles. The van der Waals surface area contributed by atoms with Gasteiger partial charge in [-0.1, -0.05) is 6.07 Å². The van der Waals surface area contributed by atoms with Crippen molar-refractivity contribution in [1.82, 2.24) is 4.90 Å². The van der Waals surface area contributed by atoms with Crippen molar-refractivity contribution in [2.75, 3.05) is 26.4 Å². The van der Waals surface area contributed by atoms with Gasteiger partial charge in [0.25, 0.3) is 0 Å². The predicted molar refractivity (Wildman–Crippen MR) is 67.2 cm³/mol. The van der Waals surface area contributed by atoms with Crippen LogP contribution in [0.2, 0.25) is 0 Å². The molecule has 2 aliphatic rings. The molecule has 0 spiro atoms. The zero-order chi connectivity index (χ0) is 13.2. The van der Waals surface area contributed by atoms with Gasteiger partial charge >= 0.3 is 6.09 Å². The number of amides is 1. The number of benzene rings is 1. The lowest BCUT2D eigenvalue weighted by Gasteiger charge is -2.12. The van der Waals surface area contributed by atoms with Gasteiger partial charge in [0, 0.05) is 13.1 Å². The zero-order valence-corrected chi connectivity index (χ0v) is 10.5. The Bertz CT molecular complexity index is 492.